The molecule has 0 atom stereocenters. The lowest BCUT2D eigenvalue weighted by molar-refractivity contribution is 1.08. The average Bonchev–Trinajstić information content (AvgIpc) is 3.20. The topological polar surface area (TPSA) is 17.8 Å². The molecule has 0 saturated heterocycles. The third kappa shape index (κ3) is 9.30. The van der Waals surface area contributed by atoms with E-state index in [9.17, 15) is 0 Å². The Morgan fingerprint density at radius 2 is 1.72 bits per heavy atom. The van der Waals surface area contributed by atoms with Gasteiger partial charge in [-0.2, -0.15) is 0 Å². The first-order valence-electron chi connectivity index (χ1n) is 16.9. The molecule has 2 nitrogen and oxygen atoms in total. The van der Waals surface area contributed by atoms with Gasteiger partial charge in [0, 0.05) is 17.4 Å². The second-order valence-corrected chi connectivity index (χ2v) is 11.8. The largest absolute Gasteiger partial charge is 0.308 e. The first-order valence-corrected chi connectivity index (χ1v) is 16.9. The maximum absolute atomic E-state index is 4.72. The quantitative estimate of drug-likeness (QED) is 0.154. The van der Waals surface area contributed by atoms with Gasteiger partial charge in [-0.25, -0.2) is 0 Å². The van der Waals surface area contributed by atoms with E-state index in [1.807, 2.05) is 18.3 Å². The molecule has 5 rings (SSSR count). The second kappa shape index (κ2) is 18.3. The van der Waals surface area contributed by atoms with E-state index in [0.29, 0.717) is 0 Å². The lowest BCUT2D eigenvalue weighted by Gasteiger charge is -2.12. The van der Waals surface area contributed by atoms with Gasteiger partial charge in [-0.1, -0.05) is 117 Å². The molecule has 3 aromatic rings. The molecule has 2 heteroatoms. The molecule has 0 unspecified atom stereocenters. The van der Waals surface area contributed by atoms with Crippen molar-refractivity contribution in [2.24, 2.45) is 0 Å². The Morgan fingerprint density at radius 3 is 2.49 bits per heavy atom. The SMILES string of the molecule is C=C.C=CC(=C\C=C(/C)CC(/C=C\CC)=C/CC)/C1=C/CC=C(Cc2ccc(-n3c4c(c5ncccc53)C=CCC=C4)cc2)/C=C\C1. The van der Waals surface area contributed by atoms with Crippen molar-refractivity contribution >= 4 is 23.2 Å². The third-order valence-electron chi connectivity index (χ3n) is 8.30. The summed E-state index contributed by atoms with van der Waals surface area (Å²) in [5.74, 6) is 0. The first-order chi connectivity index (χ1) is 23.1. The van der Waals surface area contributed by atoms with Gasteiger partial charge in [0.1, 0.15) is 0 Å². The van der Waals surface area contributed by atoms with Gasteiger partial charge in [0.2, 0.25) is 0 Å². The van der Waals surface area contributed by atoms with Crippen molar-refractivity contribution < 1.29 is 0 Å². The second-order valence-electron chi connectivity index (χ2n) is 11.8. The molecule has 0 aliphatic heterocycles. The molecule has 2 heterocycles. The van der Waals surface area contributed by atoms with Crippen LogP contribution in [-0.2, 0) is 6.42 Å². The molecular formula is C45H50N2. The van der Waals surface area contributed by atoms with Crippen LogP contribution in [0.2, 0.25) is 0 Å². The molecule has 0 spiro atoms. The predicted octanol–water partition coefficient (Wildman–Crippen LogP) is 12.8. The van der Waals surface area contributed by atoms with Gasteiger partial charge >= 0.3 is 0 Å². The van der Waals surface area contributed by atoms with E-state index in [1.165, 1.54) is 44.7 Å². The number of benzene rings is 1. The van der Waals surface area contributed by atoms with Crippen LogP contribution in [0, 0.1) is 0 Å². The highest BCUT2D eigenvalue weighted by Gasteiger charge is 2.16. The van der Waals surface area contributed by atoms with Crippen LogP contribution in [0.1, 0.15) is 76.1 Å². The molecule has 2 aliphatic carbocycles. The van der Waals surface area contributed by atoms with Crippen LogP contribution in [0.25, 0.3) is 28.9 Å². The summed E-state index contributed by atoms with van der Waals surface area (Å²) in [6.07, 6.45) is 40.2. The van der Waals surface area contributed by atoms with Crippen molar-refractivity contribution in [2.45, 2.75) is 65.7 Å². The number of allylic oxidation sites excluding steroid dienone is 17. The smallest absolute Gasteiger partial charge is 0.0963 e. The number of aromatic nitrogens is 2. The molecule has 0 N–H and O–H groups in total. The summed E-state index contributed by atoms with van der Waals surface area (Å²) in [5.41, 5.74) is 13.7. The Kier molecular flexibility index (Phi) is 13.6. The summed E-state index contributed by atoms with van der Waals surface area (Å²) < 4.78 is 2.33. The Morgan fingerprint density at radius 1 is 0.915 bits per heavy atom. The van der Waals surface area contributed by atoms with Crippen molar-refractivity contribution in [3.05, 3.63) is 180 Å². The number of nitrogens with zero attached hydrogens (tertiary/aromatic N) is 2. The van der Waals surface area contributed by atoms with E-state index in [-0.39, 0.29) is 0 Å². The van der Waals surface area contributed by atoms with Crippen LogP contribution >= 0.6 is 0 Å². The van der Waals surface area contributed by atoms with Crippen molar-refractivity contribution in [3.63, 3.8) is 0 Å². The number of fused-ring (bicyclic) bond motifs is 3. The number of rotatable bonds is 11. The Hall–Kier alpha value is -4.95. The van der Waals surface area contributed by atoms with Crippen LogP contribution in [-0.4, -0.2) is 9.55 Å². The molecule has 47 heavy (non-hydrogen) atoms. The zero-order chi connectivity index (χ0) is 33.4. The number of hydrogen-bond donors (Lipinski definition) is 0. The number of hydrogen-bond acceptors (Lipinski definition) is 1. The Bertz CT molecular complexity index is 1800. The minimum absolute atomic E-state index is 0.906. The predicted molar refractivity (Wildman–Crippen MR) is 208 cm³/mol. The Labute approximate surface area is 283 Å². The molecule has 2 aromatic heterocycles. The summed E-state index contributed by atoms with van der Waals surface area (Å²) in [6.45, 7) is 16.7. The molecular weight excluding hydrogens is 569 g/mol. The van der Waals surface area contributed by atoms with Crippen molar-refractivity contribution in [1.29, 1.82) is 0 Å². The zero-order valence-corrected chi connectivity index (χ0v) is 28.6. The minimum Gasteiger partial charge on any atom is -0.308 e. The van der Waals surface area contributed by atoms with Gasteiger partial charge < -0.3 is 4.57 Å². The maximum Gasteiger partial charge on any atom is 0.0963 e. The van der Waals surface area contributed by atoms with Crippen molar-refractivity contribution in [1.82, 2.24) is 9.55 Å². The summed E-state index contributed by atoms with van der Waals surface area (Å²) in [4.78, 5) is 4.72. The molecule has 0 bridgehead atoms. The first kappa shape index (κ1) is 34.9. The van der Waals surface area contributed by atoms with Crippen LogP contribution in [0.3, 0.4) is 0 Å². The highest BCUT2D eigenvalue weighted by molar-refractivity contribution is 5.93. The lowest BCUT2D eigenvalue weighted by Crippen LogP contribution is -1.98. The van der Waals surface area contributed by atoms with Crippen molar-refractivity contribution in [3.8, 4) is 5.69 Å². The summed E-state index contributed by atoms with van der Waals surface area (Å²) in [6, 6.07) is 13.2. The molecule has 0 saturated carbocycles. The summed E-state index contributed by atoms with van der Waals surface area (Å²) in [5, 5.41) is 0. The van der Waals surface area contributed by atoms with Gasteiger partial charge in [-0.05, 0) is 110 Å². The molecule has 0 amide bonds. The monoisotopic (exact) mass is 618 g/mol. The van der Waals surface area contributed by atoms with Gasteiger partial charge in [0.05, 0.1) is 16.7 Å². The van der Waals surface area contributed by atoms with E-state index < -0.39 is 0 Å². The summed E-state index contributed by atoms with van der Waals surface area (Å²) in [7, 11) is 0. The average molecular weight is 619 g/mol. The lowest BCUT2D eigenvalue weighted by atomic mass is 9.95. The molecule has 1 aromatic carbocycles. The van der Waals surface area contributed by atoms with E-state index in [0.717, 1.165) is 61.7 Å². The van der Waals surface area contributed by atoms with Gasteiger partial charge in [0.15, 0.2) is 0 Å². The van der Waals surface area contributed by atoms with Gasteiger partial charge in [0.25, 0.3) is 0 Å². The van der Waals surface area contributed by atoms with Crippen LogP contribution < -0.4 is 0 Å². The van der Waals surface area contributed by atoms with Crippen molar-refractivity contribution in [2.75, 3.05) is 0 Å². The third-order valence-corrected chi connectivity index (χ3v) is 8.30. The standard InChI is InChI=1S/C43H46N2.C2H4/c1-5-8-16-34(15-6-2)31-33(4)24-27-37(7-3)38-19-12-17-35(18-13-20-38)32-36-25-28-39(29-26-36)45-41-22-11-9-10-21-40(41)43-42(45)23-14-30-44-43;1-2/h7-8,10-12,14-18,20-30H,3,5-6,9,13,19,31-32H2,1-2,4H3;1-2H2/b16-8-,17-12-,33-24+,34-15+,35-18?,37-27+,38-20+;. The van der Waals surface area contributed by atoms with E-state index >= 15 is 0 Å². The molecule has 0 radical (unpaired) electrons. The van der Waals surface area contributed by atoms with Gasteiger partial charge in [-0.3, -0.25) is 4.98 Å². The minimum atomic E-state index is 0.906. The van der Waals surface area contributed by atoms with Crippen LogP contribution in [0.4, 0.5) is 0 Å². The van der Waals surface area contributed by atoms with Crippen LogP contribution in [0.15, 0.2) is 163 Å². The fourth-order valence-electron chi connectivity index (χ4n) is 6.06. The van der Waals surface area contributed by atoms with Gasteiger partial charge in [-0.15, -0.1) is 13.2 Å². The Balaban J connectivity index is 0.00000245. The number of pyridine rings is 1. The fourth-order valence-corrected chi connectivity index (χ4v) is 6.06. The molecule has 2 aliphatic rings. The normalized spacial score (nSPS) is 17.1. The maximum atomic E-state index is 4.72. The summed E-state index contributed by atoms with van der Waals surface area (Å²) >= 11 is 0. The van der Waals surface area contributed by atoms with E-state index in [1.54, 1.807) is 0 Å². The molecule has 0 fully saturated rings. The zero-order valence-electron chi connectivity index (χ0n) is 28.6. The van der Waals surface area contributed by atoms with Crippen LogP contribution in [0.5, 0.6) is 0 Å². The van der Waals surface area contributed by atoms with E-state index in [4.69, 9.17) is 4.98 Å². The highest BCUT2D eigenvalue weighted by atomic mass is 15.0. The fraction of sp³-hybridized carbons (Fsp3) is 0.222. The highest BCUT2D eigenvalue weighted by Crippen LogP contribution is 2.32. The van der Waals surface area contributed by atoms with E-state index in [2.05, 4.69) is 154 Å². The molecule has 240 valence electrons.